The maximum atomic E-state index is 12.0. The molecular formula is C18H24N4O3. The molecule has 2 aromatic rings. The Balaban J connectivity index is 1.52. The van der Waals surface area contributed by atoms with Crippen molar-refractivity contribution in [3.63, 3.8) is 0 Å². The van der Waals surface area contributed by atoms with Crippen LogP contribution in [0.3, 0.4) is 0 Å². The monoisotopic (exact) mass is 344 g/mol. The van der Waals surface area contributed by atoms with Crippen LogP contribution in [-0.4, -0.2) is 36.5 Å². The number of ether oxygens (including phenoxy) is 1. The SMILES string of the molecule is Cc1cc(CNC(=O)Nc2ccc(N3C[C@H](C)O[C@@H](C)C3)cc2)no1. The van der Waals surface area contributed by atoms with Crippen LogP contribution in [0.4, 0.5) is 16.2 Å². The number of morpholine rings is 1. The van der Waals surface area contributed by atoms with Crippen LogP contribution >= 0.6 is 0 Å². The molecule has 25 heavy (non-hydrogen) atoms. The van der Waals surface area contributed by atoms with E-state index in [1.807, 2.05) is 31.2 Å². The van der Waals surface area contributed by atoms with Gasteiger partial charge in [-0.2, -0.15) is 0 Å². The zero-order valence-electron chi connectivity index (χ0n) is 14.8. The molecule has 0 radical (unpaired) electrons. The maximum Gasteiger partial charge on any atom is 0.319 e. The first-order valence-corrected chi connectivity index (χ1v) is 8.47. The predicted molar refractivity (Wildman–Crippen MR) is 95.8 cm³/mol. The normalized spacial score (nSPS) is 20.4. The van der Waals surface area contributed by atoms with E-state index in [1.165, 1.54) is 0 Å². The number of rotatable bonds is 4. The quantitative estimate of drug-likeness (QED) is 0.891. The van der Waals surface area contributed by atoms with Gasteiger partial charge in [-0.05, 0) is 45.0 Å². The van der Waals surface area contributed by atoms with E-state index in [9.17, 15) is 4.79 Å². The van der Waals surface area contributed by atoms with Crippen molar-refractivity contribution in [2.24, 2.45) is 0 Å². The van der Waals surface area contributed by atoms with E-state index in [-0.39, 0.29) is 18.2 Å². The summed E-state index contributed by atoms with van der Waals surface area (Å²) >= 11 is 0. The van der Waals surface area contributed by atoms with Gasteiger partial charge >= 0.3 is 6.03 Å². The van der Waals surface area contributed by atoms with Crippen molar-refractivity contribution in [3.05, 3.63) is 41.8 Å². The summed E-state index contributed by atoms with van der Waals surface area (Å²) in [6.07, 6.45) is 0.431. The summed E-state index contributed by atoms with van der Waals surface area (Å²) in [5.74, 6) is 0.722. The molecule has 1 aliphatic heterocycles. The molecule has 0 unspecified atom stereocenters. The van der Waals surface area contributed by atoms with Gasteiger partial charge in [0.15, 0.2) is 0 Å². The summed E-state index contributed by atoms with van der Waals surface area (Å²) in [5, 5.41) is 9.40. The first kappa shape index (κ1) is 17.3. The minimum atomic E-state index is -0.276. The van der Waals surface area contributed by atoms with E-state index < -0.39 is 0 Å². The lowest BCUT2D eigenvalue weighted by atomic mass is 10.2. The molecule has 1 aromatic heterocycles. The van der Waals surface area contributed by atoms with Crippen LogP contribution in [-0.2, 0) is 11.3 Å². The molecule has 134 valence electrons. The second-order valence-electron chi connectivity index (χ2n) is 6.45. The Bertz CT molecular complexity index is 703. The second-order valence-corrected chi connectivity index (χ2v) is 6.45. The summed E-state index contributed by atoms with van der Waals surface area (Å²) in [5.41, 5.74) is 2.57. The average Bonchev–Trinajstić information content (AvgIpc) is 2.98. The molecular weight excluding hydrogens is 320 g/mol. The molecule has 1 aromatic carbocycles. The van der Waals surface area contributed by atoms with Crippen molar-refractivity contribution < 1.29 is 14.1 Å². The van der Waals surface area contributed by atoms with E-state index in [0.717, 1.165) is 30.2 Å². The van der Waals surface area contributed by atoms with Gasteiger partial charge in [-0.3, -0.25) is 0 Å². The van der Waals surface area contributed by atoms with Crippen LogP contribution in [0.2, 0.25) is 0 Å². The maximum absolute atomic E-state index is 12.0. The van der Waals surface area contributed by atoms with Gasteiger partial charge in [0.05, 0.1) is 18.8 Å². The third-order valence-corrected chi connectivity index (χ3v) is 4.02. The number of hydrogen-bond donors (Lipinski definition) is 2. The second kappa shape index (κ2) is 7.57. The molecule has 0 saturated carbocycles. The number of carbonyl (C=O) groups is 1. The topological polar surface area (TPSA) is 79.6 Å². The molecule has 2 heterocycles. The lowest BCUT2D eigenvalue weighted by Gasteiger charge is -2.36. The first-order valence-electron chi connectivity index (χ1n) is 8.47. The summed E-state index contributed by atoms with van der Waals surface area (Å²) in [6.45, 7) is 8.04. The zero-order chi connectivity index (χ0) is 17.8. The van der Waals surface area contributed by atoms with E-state index in [2.05, 4.69) is 34.5 Å². The lowest BCUT2D eigenvalue weighted by molar-refractivity contribution is -0.00521. The number of benzene rings is 1. The molecule has 3 rings (SSSR count). The van der Waals surface area contributed by atoms with Crippen LogP contribution in [0, 0.1) is 6.92 Å². The number of amides is 2. The number of nitrogens with one attached hydrogen (secondary N) is 2. The van der Waals surface area contributed by atoms with Gasteiger partial charge in [-0.15, -0.1) is 0 Å². The van der Waals surface area contributed by atoms with Gasteiger partial charge in [0.2, 0.25) is 0 Å². The smallest absolute Gasteiger partial charge is 0.319 e. The summed E-state index contributed by atoms with van der Waals surface area (Å²) in [7, 11) is 0. The summed E-state index contributed by atoms with van der Waals surface area (Å²) < 4.78 is 10.7. The van der Waals surface area contributed by atoms with Crippen molar-refractivity contribution in [1.82, 2.24) is 10.5 Å². The predicted octanol–water partition coefficient (Wildman–Crippen LogP) is 2.92. The molecule has 0 aliphatic carbocycles. The van der Waals surface area contributed by atoms with Gasteiger partial charge in [0, 0.05) is 30.5 Å². The fourth-order valence-corrected chi connectivity index (χ4v) is 2.99. The molecule has 2 N–H and O–H groups in total. The number of aryl methyl sites for hydroxylation is 1. The van der Waals surface area contributed by atoms with Gasteiger partial charge < -0.3 is 24.8 Å². The van der Waals surface area contributed by atoms with E-state index >= 15 is 0 Å². The van der Waals surface area contributed by atoms with Crippen LogP contribution in [0.1, 0.15) is 25.3 Å². The summed E-state index contributed by atoms with van der Waals surface area (Å²) in [6, 6.07) is 9.35. The average molecular weight is 344 g/mol. The highest BCUT2D eigenvalue weighted by atomic mass is 16.5. The van der Waals surface area contributed by atoms with Crippen molar-refractivity contribution >= 4 is 17.4 Å². The Labute approximate surface area is 147 Å². The number of hydrogen-bond acceptors (Lipinski definition) is 5. The Morgan fingerprint density at radius 3 is 2.52 bits per heavy atom. The van der Waals surface area contributed by atoms with E-state index in [4.69, 9.17) is 9.26 Å². The van der Waals surface area contributed by atoms with Crippen LogP contribution < -0.4 is 15.5 Å². The molecule has 1 saturated heterocycles. The van der Waals surface area contributed by atoms with Crippen LogP contribution in [0.15, 0.2) is 34.9 Å². The fourth-order valence-electron chi connectivity index (χ4n) is 2.99. The zero-order valence-corrected chi connectivity index (χ0v) is 14.8. The molecule has 2 atom stereocenters. The molecule has 0 spiro atoms. The Morgan fingerprint density at radius 1 is 1.24 bits per heavy atom. The van der Waals surface area contributed by atoms with Crippen molar-refractivity contribution in [3.8, 4) is 0 Å². The van der Waals surface area contributed by atoms with Crippen LogP contribution in [0.5, 0.6) is 0 Å². The molecule has 2 amide bonds. The van der Waals surface area contributed by atoms with Crippen LogP contribution in [0.25, 0.3) is 0 Å². The first-order chi connectivity index (χ1) is 12.0. The van der Waals surface area contributed by atoms with Gasteiger partial charge in [-0.1, -0.05) is 5.16 Å². The third-order valence-electron chi connectivity index (χ3n) is 4.02. The fraction of sp³-hybridized carbons (Fsp3) is 0.444. The van der Waals surface area contributed by atoms with E-state index in [1.54, 1.807) is 6.07 Å². The summed E-state index contributed by atoms with van der Waals surface area (Å²) in [4.78, 5) is 14.3. The number of carbonyl (C=O) groups excluding carboxylic acids is 1. The van der Waals surface area contributed by atoms with Crippen molar-refractivity contribution in [2.75, 3.05) is 23.3 Å². The highest BCUT2D eigenvalue weighted by molar-refractivity contribution is 5.89. The Kier molecular flexibility index (Phi) is 5.23. The number of anilines is 2. The third kappa shape index (κ3) is 4.73. The van der Waals surface area contributed by atoms with E-state index in [0.29, 0.717) is 12.2 Å². The standard InChI is InChI=1S/C18H24N4O3/c1-12-8-16(21-25-12)9-19-18(23)20-15-4-6-17(7-5-15)22-10-13(2)24-14(3)11-22/h4-8,13-14H,9-11H2,1-3H3,(H2,19,20,23)/t13-,14-/m0/s1. The largest absolute Gasteiger partial charge is 0.372 e. The molecule has 7 heteroatoms. The molecule has 7 nitrogen and oxygen atoms in total. The highest BCUT2D eigenvalue weighted by Gasteiger charge is 2.22. The number of aromatic nitrogens is 1. The minimum absolute atomic E-state index is 0.215. The number of nitrogens with zero attached hydrogens (tertiary/aromatic N) is 2. The Morgan fingerprint density at radius 2 is 1.92 bits per heavy atom. The molecule has 0 bridgehead atoms. The minimum Gasteiger partial charge on any atom is -0.372 e. The van der Waals surface area contributed by atoms with Gasteiger partial charge in [0.1, 0.15) is 11.5 Å². The lowest BCUT2D eigenvalue weighted by Crippen LogP contribution is -2.45. The highest BCUT2D eigenvalue weighted by Crippen LogP contribution is 2.22. The Hall–Kier alpha value is -2.54. The number of urea groups is 1. The molecule has 1 fully saturated rings. The molecule has 1 aliphatic rings. The van der Waals surface area contributed by atoms with Crippen molar-refractivity contribution in [2.45, 2.75) is 39.5 Å². The van der Waals surface area contributed by atoms with Crippen molar-refractivity contribution in [1.29, 1.82) is 0 Å². The van der Waals surface area contributed by atoms with Gasteiger partial charge in [-0.25, -0.2) is 4.79 Å². The van der Waals surface area contributed by atoms with Gasteiger partial charge in [0.25, 0.3) is 0 Å².